The summed E-state index contributed by atoms with van der Waals surface area (Å²) in [6, 6.07) is 19.0. The SMILES string of the molecule is C=Cc1cc(C#N)cc(-c2nn(-c3cc(N4CCOCC4)ccc3[N+](=O)[O-])c(=O)c3ccccc23)c1. The van der Waals surface area contributed by atoms with Crippen LogP contribution in [0.15, 0.2) is 72.0 Å². The van der Waals surface area contributed by atoms with E-state index in [9.17, 15) is 20.2 Å². The first-order valence-electron chi connectivity index (χ1n) is 11.3. The highest BCUT2D eigenvalue weighted by Gasteiger charge is 2.23. The number of anilines is 1. The van der Waals surface area contributed by atoms with Crippen molar-refractivity contribution >= 4 is 28.2 Å². The van der Waals surface area contributed by atoms with Crippen LogP contribution in [0, 0.1) is 21.4 Å². The maximum Gasteiger partial charge on any atom is 0.295 e. The molecule has 0 aliphatic carbocycles. The number of hydrogen-bond acceptors (Lipinski definition) is 7. The Morgan fingerprint density at radius 1 is 1.08 bits per heavy atom. The van der Waals surface area contributed by atoms with Crippen LogP contribution in [0.25, 0.3) is 33.8 Å². The standard InChI is InChI=1S/C27H21N5O4/c1-2-18-13-19(17-28)15-20(14-18)26-22-5-3-4-6-23(22)27(33)31(29-26)25-16-21(7-8-24(25)32(34)35)30-9-11-36-12-10-30/h2-8,13-16H,1,9-12H2. The van der Waals surface area contributed by atoms with E-state index in [1.807, 2.05) is 6.07 Å². The number of hydrogen-bond donors (Lipinski definition) is 0. The van der Waals surface area contributed by atoms with Crippen molar-refractivity contribution < 1.29 is 9.66 Å². The van der Waals surface area contributed by atoms with Gasteiger partial charge in [0.05, 0.1) is 40.8 Å². The van der Waals surface area contributed by atoms with E-state index < -0.39 is 10.5 Å². The number of nitriles is 1. The molecule has 4 aromatic rings. The molecular weight excluding hydrogens is 458 g/mol. The summed E-state index contributed by atoms with van der Waals surface area (Å²) >= 11 is 0. The highest BCUT2D eigenvalue weighted by Crippen LogP contribution is 2.31. The van der Waals surface area contributed by atoms with E-state index in [0.717, 1.165) is 10.4 Å². The van der Waals surface area contributed by atoms with E-state index >= 15 is 0 Å². The summed E-state index contributed by atoms with van der Waals surface area (Å²) in [4.78, 5) is 27.1. The Labute approximate surface area is 206 Å². The molecule has 1 saturated heterocycles. The summed E-state index contributed by atoms with van der Waals surface area (Å²) in [5.74, 6) is 0. The Kier molecular flexibility index (Phi) is 6.02. The molecule has 0 radical (unpaired) electrons. The number of benzene rings is 3. The predicted octanol–water partition coefficient (Wildman–Crippen LogP) is 4.31. The van der Waals surface area contributed by atoms with E-state index in [2.05, 4.69) is 22.6 Å². The molecule has 0 atom stereocenters. The molecule has 0 spiro atoms. The molecule has 36 heavy (non-hydrogen) atoms. The van der Waals surface area contributed by atoms with Gasteiger partial charge >= 0.3 is 0 Å². The highest BCUT2D eigenvalue weighted by atomic mass is 16.6. The molecule has 0 bridgehead atoms. The number of rotatable bonds is 5. The van der Waals surface area contributed by atoms with Gasteiger partial charge in [0.15, 0.2) is 0 Å². The van der Waals surface area contributed by atoms with E-state index in [1.165, 1.54) is 6.07 Å². The summed E-state index contributed by atoms with van der Waals surface area (Å²) in [5.41, 5.74) is 2.25. The molecule has 0 unspecified atom stereocenters. The van der Waals surface area contributed by atoms with Crippen LogP contribution < -0.4 is 10.5 Å². The van der Waals surface area contributed by atoms with Crippen LogP contribution in [0.1, 0.15) is 11.1 Å². The third kappa shape index (κ3) is 4.10. The van der Waals surface area contributed by atoms with Crippen LogP contribution in [0.3, 0.4) is 0 Å². The van der Waals surface area contributed by atoms with Crippen LogP contribution in [0.2, 0.25) is 0 Å². The largest absolute Gasteiger partial charge is 0.378 e. The van der Waals surface area contributed by atoms with Gasteiger partial charge in [-0.1, -0.05) is 30.9 Å². The fourth-order valence-corrected chi connectivity index (χ4v) is 4.39. The monoisotopic (exact) mass is 479 g/mol. The molecule has 1 aliphatic heterocycles. The highest BCUT2D eigenvalue weighted by molar-refractivity contribution is 5.94. The summed E-state index contributed by atoms with van der Waals surface area (Å²) in [6.07, 6.45) is 1.62. The average Bonchev–Trinajstić information content (AvgIpc) is 2.93. The van der Waals surface area contributed by atoms with Crippen LogP contribution >= 0.6 is 0 Å². The molecule has 0 amide bonds. The number of nitro groups is 1. The van der Waals surface area contributed by atoms with Crippen molar-refractivity contribution in [3.05, 3.63) is 98.8 Å². The van der Waals surface area contributed by atoms with Crippen molar-refractivity contribution in [1.29, 1.82) is 5.26 Å². The first kappa shape index (κ1) is 23.0. The minimum absolute atomic E-state index is 0.0707. The smallest absolute Gasteiger partial charge is 0.295 e. The molecule has 2 heterocycles. The molecule has 9 heteroatoms. The second-order valence-electron chi connectivity index (χ2n) is 8.30. The molecular formula is C27H21N5O4. The Balaban J connectivity index is 1.81. The summed E-state index contributed by atoms with van der Waals surface area (Å²) in [7, 11) is 0. The summed E-state index contributed by atoms with van der Waals surface area (Å²) < 4.78 is 6.51. The lowest BCUT2D eigenvalue weighted by Crippen LogP contribution is -2.36. The van der Waals surface area contributed by atoms with E-state index in [1.54, 1.807) is 54.6 Å². The molecule has 9 nitrogen and oxygen atoms in total. The molecule has 1 aliphatic rings. The Hall–Kier alpha value is -4.81. The predicted molar refractivity (Wildman–Crippen MR) is 137 cm³/mol. The van der Waals surface area contributed by atoms with Gasteiger partial charge in [0.2, 0.25) is 0 Å². The fraction of sp³-hybridized carbons (Fsp3) is 0.148. The van der Waals surface area contributed by atoms with Crippen LogP contribution in [-0.2, 0) is 4.74 Å². The maximum atomic E-state index is 13.6. The molecule has 5 rings (SSSR count). The van der Waals surface area contributed by atoms with Gasteiger partial charge in [-0.2, -0.15) is 15.0 Å². The van der Waals surface area contributed by atoms with Crippen molar-refractivity contribution in [3.8, 4) is 23.0 Å². The third-order valence-corrected chi connectivity index (χ3v) is 6.16. The number of aromatic nitrogens is 2. The molecule has 3 aromatic carbocycles. The van der Waals surface area contributed by atoms with Crippen molar-refractivity contribution in [1.82, 2.24) is 9.78 Å². The lowest BCUT2D eigenvalue weighted by Gasteiger charge is -2.29. The van der Waals surface area contributed by atoms with Crippen molar-refractivity contribution in [2.45, 2.75) is 0 Å². The molecule has 0 N–H and O–H groups in total. The van der Waals surface area contributed by atoms with E-state index in [-0.39, 0.29) is 11.4 Å². The van der Waals surface area contributed by atoms with E-state index in [4.69, 9.17) is 4.74 Å². The zero-order valence-corrected chi connectivity index (χ0v) is 19.3. The van der Waals surface area contributed by atoms with Gasteiger partial charge in [-0.15, -0.1) is 0 Å². The zero-order valence-electron chi connectivity index (χ0n) is 19.3. The lowest BCUT2D eigenvalue weighted by atomic mass is 10.0. The van der Waals surface area contributed by atoms with Crippen molar-refractivity contribution in [2.75, 3.05) is 31.2 Å². The van der Waals surface area contributed by atoms with Crippen LogP contribution in [-0.4, -0.2) is 41.0 Å². The summed E-state index contributed by atoms with van der Waals surface area (Å²) in [5, 5.41) is 27.1. The van der Waals surface area contributed by atoms with Crippen LogP contribution in [0.5, 0.6) is 0 Å². The quantitative estimate of drug-likeness (QED) is 0.309. The van der Waals surface area contributed by atoms with Gasteiger partial charge in [0.25, 0.3) is 11.2 Å². The second-order valence-corrected chi connectivity index (χ2v) is 8.30. The number of morpholine rings is 1. The zero-order chi connectivity index (χ0) is 25.2. The fourth-order valence-electron chi connectivity index (χ4n) is 4.39. The van der Waals surface area contributed by atoms with Gasteiger partial charge < -0.3 is 9.64 Å². The van der Waals surface area contributed by atoms with Crippen LogP contribution in [0.4, 0.5) is 11.4 Å². The molecule has 178 valence electrons. The molecule has 1 fully saturated rings. The number of nitrogens with zero attached hydrogens (tertiary/aromatic N) is 5. The Morgan fingerprint density at radius 3 is 2.53 bits per heavy atom. The number of nitro benzene ring substituents is 1. The van der Waals surface area contributed by atoms with Crippen molar-refractivity contribution in [3.63, 3.8) is 0 Å². The second kappa shape index (κ2) is 9.44. The maximum absolute atomic E-state index is 13.6. The normalized spacial score (nSPS) is 13.4. The summed E-state index contributed by atoms with van der Waals surface area (Å²) in [6.45, 7) is 6.15. The third-order valence-electron chi connectivity index (χ3n) is 6.16. The molecule has 0 saturated carbocycles. The number of fused-ring (bicyclic) bond motifs is 1. The van der Waals surface area contributed by atoms with Gasteiger partial charge in [0, 0.05) is 35.8 Å². The Bertz CT molecular complexity index is 1610. The van der Waals surface area contributed by atoms with Gasteiger partial charge in [-0.25, -0.2) is 0 Å². The Morgan fingerprint density at radius 2 is 1.83 bits per heavy atom. The first-order chi connectivity index (χ1) is 17.5. The average molecular weight is 479 g/mol. The van der Waals surface area contributed by atoms with E-state index in [0.29, 0.717) is 59.5 Å². The number of ether oxygens (including phenoxy) is 1. The van der Waals surface area contributed by atoms with Gasteiger partial charge in [0.1, 0.15) is 5.69 Å². The van der Waals surface area contributed by atoms with Gasteiger partial charge in [-0.05, 0) is 42.0 Å². The minimum Gasteiger partial charge on any atom is -0.378 e. The first-order valence-corrected chi connectivity index (χ1v) is 11.3. The van der Waals surface area contributed by atoms with Crippen molar-refractivity contribution in [2.24, 2.45) is 0 Å². The minimum atomic E-state index is -0.520. The van der Waals surface area contributed by atoms with Gasteiger partial charge in [-0.3, -0.25) is 14.9 Å². The molecule has 1 aromatic heterocycles. The lowest BCUT2D eigenvalue weighted by molar-refractivity contribution is -0.384. The topological polar surface area (TPSA) is 114 Å².